The van der Waals surface area contributed by atoms with Gasteiger partial charge in [-0.15, -0.1) is 0 Å². The predicted molar refractivity (Wildman–Crippen MR) is 95.4 cm³/mol. The van der Waals surface area contributed by atoms with Gasteiger partial charge in [0.1, 0.15) is 18.3 Å². The first-order valence-electron chi connectivity index (χ1n) is 7.82. The van der Waals surface area contributed by atoms with Crippen LogP contribution in [0.1, 0.15) is 16.8 Å². The molecule has 28 heavy (non-hydrogen) atoms. The van der Waals surface area contributed by atoms with Crippen molar-refractivity contribution in [1.29, 1.82) is 0 Å². The summed E-state index contributed by atoms with van der Waals surface area (Å²) in [7, 11) is -8.24. The summed E-state index contributed by atoms with van der Waals surface area (Å²) < 4.78 is 61.2. The van der Waals surface area contributed by atoms with Crippen LogP contribution in [-0.2, 0) is 38.1 Å². The Morgan fingerprint density at radius 3 is 2.07 bits per heavy atom. The molecule has 1 aromatic rings. The minimum absolute atomic E-state index is 0.132. The third-order valence-electron chi connectivity index (χ3n) is 3.59. The molecule has 0 saturated carbocycles. The van der Waals surface area contributed by atoms with E-state index in [0.717, 1.165) is 12.3 Å². The molecule has 0 aliphatic heterocycles. The third-order valence-corrected chi connectivity index (χ3v) is 4.73. The average Bonchev–Trinajstić information content (AvgIpc) is 2.55. The molecular weight excluding hydrogens is 416 g/mol. The largest absolute Gasteiger partial charge is 0.478 e. The molecule has 1 aromatic carbocycles. The Hall–Kier alpha value is -2.28. The molecule has 2 rings (SSSR count). The van der Waals surface area contributed by atoms with Crippen LogP contribution in [0.5, 0.6) is 0 Å². The quantitative estimate of drug-likeness (QED) is 0.469. The topological polar surface area (TPSA) is 150 Å². The fraction of sp³-hybridized carbons (Fsp3) is 0.375. The molecule has 0 saturated heterocycles. The molecule has 12 heteroatoms. The van der Waals surface area contributed by atoms with Gasteiger partial charge in [0, 0.05) is 12.0 Å². The zero-order valence-electron chi connectivity index (χ0n) is 14.8. The number of carboxylic acid groups (broad SMARTS) is 1. The monoisotopic (exact) mass is 434 g/mol. The van der Waals surface area contributed by atoms with Crippen molar-refractivity contribution in [2.45, 2.75) is 24.7 Å². The van der Waals surface area contributed by atoms with E-state index < -0.39 is 56.9 Å². The van der Waals surface area contributed by atoms with Gasteiger partial charge in [0.25, 0.3) is 20.2 Å². The van der Waals surface area contributed by atoms with E-state index in [4.69, 9.17) is 13.1 Å². The van der Waals surface area contributed by atoms with Crippen LogP contribution in [0.2, 0.25) is 0 Å². The number of rotatable bonds is 7. The molecule has 154 valence electrons. The van der Waals surface area contributed by atoms with E-state index in [1.807, 2.05) is 0 Å². The number of carboxylic acids is 1. The maximum atomic E-state index is 12.3. The second kappa shape index (κ2) is 8.39. The van der Waals surface area contributed by atoms with Crippen molar-refractivity contribution in [1.82, 2.24) is 0 Å². The maximum Gasteiger partial charge on any atom is 0.338 e. The van der Waals surface area contributed by atoms with E-state index in [2.05, 4.69) is 0 Å². The zero-order chi connectivity index (χ0) is 21.1. The molecule has 3 atom stereocenters. The summed E-state index contributed by atoms with van der Waals surface area (Å²) in [4.78, 5) is 23.7. The van der Waals surface area contributed by atoms with Crippen LogP contribution in [0.25, 0.3) is 0 Å². The van der Waals surface area contributed by atoms with Crippen molar-refractivity contribution < 1.29 is 44.6 Å². The van der Waals surface area contributed by atoms with Crippen LogP contribution < -0.4 is 0 Å². The number of hydrogen-bond donors (Lipinski definition) is 1. The number of ether oxygens (including phenoxy) is 1. The lowest BCUT2D eigenvalue weighted by atomic mass is 9.92. The van der Waals surface area contributed by atoms with Crippen LogP contribution in [0.3, 0.4) is 0 Å². The van der Waals surface area contributed by atoms with E-state index in [0.29, 0.717) is 6.26 Å². The average molecular weight is 434 g/mol. The Bertz CT molecular complexity index is 980. The molecule has 1 N–H and O–H groups in total. The minimum atomic E-state index is -4.13. The van der Waals surface area contributed by atoms with Crippen LogP contribution in [0.15, 0.2) is 42.0 Å². The molecular formula is C16H18O10S2. The molecule has 3 unspecified atom stereocenters. The van der Waals surface area contributed by atoms with Crippen molar-refractivity contribution in [2.24, 2.45) is 0 Å². The summed E-state index contributed by atoms with van der Waals surface area (Å²) in [6, 6.07) is 7.68. The summed E-state index contributed by atoms with van der Waals surface area (Å²) >= 11 is 0. The summed E-state index contributed by atoms with van der Waals surface area (Å²) in [6.45, 7) is 0. The van der Waals surface area contributed by atoms with Crippen LogP contribution in [0.4, 0.5) is 0 Å². The van der Waals surface area contributed by atoms with E-state index in [-0.39, 0.29) is 11.1 Å². The van der Waals surface area contributed by atoms with Crippen molar-refractivity contribution in [3.05, 3.63) is 47.5 Å². The fourth-order valence-electron chi connectivity index (χ4n) is 2.56. The van der Waals surface area contributed by atoms with Crippen LogP contribution in [-0.4, -0.2) is 64.7 Å². The molecule has 0 radical (unpaired) electrons. The fourth-order valence-corrected chi connectivity index (χ4v) is 3.76. The van der Waals surface area contributed by atoms with Gasteiger partial charge in [-0.3, -0.25) is 8.37 Å². The second-order valence-electron chi connectivity index (χ2n) is 6.04. The second-order valence-corrected chi connectivity index (χ2v) is 9.24. The summed E-state index contributed by atoms with van der Waals surface area (Å²) in [6.07, 6.45) is -2.71. The number of benzene rings is 1. The molecule has 10 nitrogen and oxygen atoms in total. The highest BCUT2D eigenvalue weighted by Gasteiger charge is 2.42. The van der Waals surface area contributed by atoms with E-state index in [1.165, 1.54) is 12.1 Å². The number of hydrogen-bond acceptors (Lipinski definition) is 9. The van der Waals surface area contributed by atoms with Crippen molar-refractivity contribution in [3.8, 4) is 0 Å². The molecule has 0 heterocycles. The number of esters is 1. The predicted octanol–water partition coefficient (Wildman–Crippen LogP) is 0.316. The first-order valence-corrected chi connectivity index (χ1v) is 11.5. The summed E-state index contributed by atoms with van der Waals surface area (Å²) in [5.74, 6) is -2.27. The molecule has 1 aliphatic carbocycles. The van der Waals surface area contributed by atoms with Gasteiger partial charge in [0.15, 0.2) is 0 Å². The van der Waals surface area contributed by atoms with E-state index in [9.17, 15) is 31.5 Å². The molecule has 0 spiro atoms. The van der Waals surface area contributed by atoms with Gasteiger partial charge in [-0.05, 0) is 18.2 Å². The van der Waals surface area contributed by atoms with Gasteiger partial charge in [0.2, 0.25) is 0 Å². The Labute approximate surface area is 162 Å². The SMILES string of the molecule is CS(=O)(=O)OC1C=C(C(=O)O)CC(OC(=O)c2ccccc2)C1OS(C)(=O)=O. The zero-order valence-corrected chi connectivity index (χ0v) is 16.5. The molecule has 0 aromatic heterocycles. The molecule has 0 bridgehead atoms. The Balaban J connectivity index is 2.42. The Kier molecular flexibility index (Phi) is 6.59. The van der Waals surface area contributed by atoms with Crippen LogP contribution in [0, 0.1) is 0 Å². The van der Waals surface area contributed by atoms with Gasteiger partial charge < -0.3 is 9.84 Å². The van der Waals surface area contributed by atoms with Gasteiger partial charge in [-0.25, -0.2) is 9.59 Å². The lowest BCUT2D eigenvalue weighted by Crippen LogP contribution is -2.48. The summed E-state index contributed by atoms with van der Waals surface area (Å²) in [5.41, 5.74) is -0.180. The Morgan fingerprint density at radius 1 is 1.00 bits per heavy atom. The van der Waals surface area contributed by atoms with Gasteiger partial charge in [0.05, 0.1) is 18.1 Å². The summed E-state index contributed by atoms with van der Waals surface area (Å²) in [5, 5.41) is 9.27. The maximum absolute atomic E-state index is 12.3. The normalized spacial score (nSPS) is 22.9. The van der Waals surface area contributed by atoms with Gasteiger partial charge in [-0.2, -0.15) is 16.8 Å². The first kappa shape index (κ1) is 22.0. The lowest BCUT2D eigenvalue weighted by Gasteiger charge is -2.33. The van der Waals surface area contributed by atoms with Gasteiger partial charge >= 0.3 is 11.9 Å². The number of aliphatic carboxylic acids is 1. The number of carbonyl (C=O) groups excluding carboxylic acids is 1. The van der Waals surface area contributed by atoms with Crippen molar-refractivity contribution in [3.63, 3.8) is 0 Å². The van der Waals surface area contributed by atoms with Crippen molar-refractivity contribution in [2.75, 3.05) is 12.5 Å². The highest BCUT2D eigenvalue weighted by Crippen LogP contribution is 2.29. The van der Waals surface area contributed by atoms with Gasteiger partial charge in [-0.1, -0.05) is 18.2 Å². The van der Waals surface area contributed by atoms with Crippen molar-refractivity contribution >= 4 is 32.2 Å². The molecule has 0 fully saturated rings. The van der Waals surface area contributed by atoms with E-state index >= 15 is 0 Å². The highest BCUT2D eigenvalue weighted by molar-refractivity contribution is 7.86. The molecule has 1 aliphatic rings. The number of carbonyl (C=O) groups is 2. The first-order chi connectivity index (χ1) is 12.9. The highest BCUT2D eigenvalue weighted by atomic mass is 32.2. The Morgan fingerprint density at radius 2 is 1.57 bits per heavy atom. The lowest BCUT2D eigenvalue weighted by molar-refractivity contribution is -0.134. The minimum Gasteiger partial charge on any atom is -0.478 e. The standard InChI is InChI=1S/C16H18O10S2/c1-27(20,21)25-13-9-11(15(17)18)8-12(14(13)26-28(2,22)23)24-16(19)10-6-4-3-5-7-10/h3-7,9,12-14H,8H2,1-2H3,(H,17,18). The smallest absolute Gasteiger partial charge is 0.338 e. The third kappa shape index (κ3) is 6.41. The van der Waals surface area contributed by atoms with Crippen LogP contribution >= 0.6 is 0 Å². The van der Waals surface area contributed by atoms with E-state index in [1.54, 1.807) is 18.2 Å². The molecule has 0 amide bonds.